The fraction of sp³-hybridized carbons (Fsp3) is 0.308. The zero-order valence-corrected chi connectivity index (χ0v) is 12.4. The standard InChI is InChI=1S/C13H17BrN4/c1-4-11-13(7-18(3)17-11)16-12-5-8(2)10(15)6-9(12)14/h5-7,16H,4,15H2,1-3H3. The Bertz CT molecular complexity index is 575. The van der Waals surface area contributed by atoms with E-state index in [1.807, 2.05) is 37.0 Å². The average molecular weight is 309 g/mol. The molecule has 4 nitrogen and oxygen atoms in total. The minimum atomic E-state index is 0.786. The van der Waals surface area contributed by atoms with Gasteiger partial charge in [-0.3, -0.25) is 4.68 Å². The minimum Gasteiger partial charge on any atom is -0.398 e. The summed E-state index contributed by atoms with van der Waals surface area (Å²) in [5.41, 5.74) is 10.8. The Morgan fingerprint density at radius 2 is 2.11 bits per heavy atom. The van der Waals surface area contributed by atoms with Crippen molar-refractivity contribution in [1.82, 2.24) is 9.78 Å². The normalized spacial score (nSPS) is 10.7. The van der Waals surface area contributed by atoms with Gasteiger partial charge in [0.15, 0.2) is 0 Å². The van der Waals surface area contributed by atoms with Crippen LogP contribution in [0.4, 0.5) is 17.1 Å². The third-order valence-electron chi connectivity index (χ3n) is 2.87. The summed E-state index contributed by atoms with van der Waals surface area (Å²) in [5.74, 6) is 0. The molecule has 0 radical (unpaired) electrons. The van der Waals surface area contributed by atoms with Gasteiger partial charge in [0.2, 0.25) is 0 Å². The molecule has 1 heterocycles. The second-order valence-corrected chi connectivity index (χ2v) is 5.18. The SMILES string of the molecule is CCc1nn(C)cc1Nc1cc(C)c(N)cc1Br. The second-order valence-electron chi connectivity index (χ2n) is 4.33. The van der Waals surface area contributed by atoms with Crippen molar-refractivity contribution in [2.45, 2.75) is 20.3 Å². The number of aryl methyl sites for hydroxylation is 3. The number of nitrogens with zero attached hydrogens (tertiary/aromatic N) is 2. The van der Waals surface area contributed by atoms with E-state index in [1.54, 1.807) is 0 Å². The van der Waals surface area contributed by atoms with E-state index in [9.17, 15) is 0 Å². The molecule has 2 aromatic rings. The molecule has 96 valence electrons. The molecule has 2 rings (SSSR count). The highest BCUT2D eigenvalue weighted by atomic mass is 79.9. The quantitative estimate of drug-likeness (QED) is 0.855. The molecule has 18 heavy (non-hydrogen) atoms. The zero-order chi connectivity index (χ0) is 13.3. The van der Waals surface area contributed by atoms with Gasteiger partial charge in [-0.05, 0) is 47.0 Å². The number of hydrogen-bond donors (Lipinski definition) is 2. The van der Waals surface area contributed by atoms with Gasteiger partial charge in [0, 0.05) is 23.4 Å². The lowest BCUT2D eigenvalue weighted by molar-refractivity contribution is 0.746. The van der Waals surface area contributed by atoms with Crippen molar-refractivity contribution in [1.29, 1.82) is 0 Å². The Morgan fingerprint density at radius 1 is 1.39 bits per heavy atom. The Labute approximate surface area is 115 Å². The molecule has 1 aromatic heterocycles. The molecule has 0 aliphatic carbocycles. The molecule has 0 aliphatic heterocycles. The summed E-state index contributed by atoms with van der Waals surface area (Å²) in [7, 11) is 1.92. The molecule has 0 bridgehead atoms. The first kappa shape index (κ1) is 13.0. The number of rotatable bonds is 3. The van der Waals surface area contributed by atoms with Crippen LogP contribution in [-0.4, -0.2) is 9.78 Å². The highest BCUT2D eigenvalue weighted by Gasteiger charge is 2.09. The predicted molar refractivity (Wildman–Crippen MR) is 79.2 cm³/mol. The Hall–Kier alpha value is -1.49. The van der Waals surface area contributed by atoms with Crippen LogP contribution in [0, 0.1) is 6.92 Å². The lowest BCUT2D eigenvalue weighted by Gasteiger charge is -2.10. The maximum atomic E-state index is 5.87. The van der Waals surface area contributed by atoms with Crippen molar-refractivity contribution in [3.63, 3.8) is 0 Å². The molecule has 3 N–H and O–H groups in total. The molecule has 0 amide bonds. The van der Waals surface area contributed by atoms with Crippen molar-refractivity contribution in [2.24, 2.45) is 7.05 Å². The summed E-state index contributed by atoms with van der Waals surface area (Å²) in [6, 6.07) is 3.95. The summed E-state index contributed by atoms with van der Waals surface area (Å²) < 4.78 is 2.77. The highest BCUT2D eigenvalue weighted by Crippen LogP contribution is 2.31. The number of halogens is 1. The summed E-state index contributed by atoms with van der Waals surface area (Å²) in [6.45, 7) is 4.09. The van der Waals surface area contributed by atoms with Crippen LogP contribution in [0.2, 0.25) is 0 Å². The summed E-state index contributed by atoms with van der Waals surface area (Å²) in [4.78, 5) is 0. The van der Waals surface area contributed by atoms with Gasteiger partial charge in [-0.15, -0.1) is 0 Å². The van der Waals surface area contributed by atoms with E-state index < -0.39 is 0 Å². The van der Waals surface area contributed by atoms with Crippen LogP contribution in [0.25, 0.3) is 0 Å². The molecule has 0 atom stereocenters. The smallest absolute Gasteiger partial charge is 0.0856 e. The first-order chi connectivity index (χ1) is 8.51. The third-order valence-corrected chi connectivity index (χ3v) is 3.52. The molecule has 0 fully saturated rings. The summed E-state index contributed by atoms with van der Waals surface area (Å²) in [5, 5.41) is 7.80. The largest absolute Gasteiger partial charge is 0.398 e. The van der Waals surface area contributed by atoms with Gasteiger partial charge in [-0.1, -0.05) is 6.92 Å². The van der Waals surface area contributed by atoms with Crippen LogP contribution in [0.5, 0.6) is 0 Å². The fourth-order valence-electron chi connectivity index (χ4n) is 1.84. The highest BCUT2D eigenvalue weighted by molar-refractivity contribution is 9.10. The van der Waals surface area contributed by atoms with Crippen molar-refractivity contribution in [3.8, 4) is 0 Å². The van der Waals surface area contributed by atoms with Crippen molar-refractivity contribution in [2.75, 3.05) is 11.1 Å². The molecule has 5 heteroatoms. The van der Waals surface area contributed by atoms with E-state index in [2.05, 4.69) is 33.3 Å². The molecule has 0 saturated carbocycles. The van der Waals surface area contributed by atoms with E-state index >= 15 is 0 Å². The molecule has 0 aliphatic rings. The number of anilines is 3. The third kappa shape index (κ3) is 2.51. The van der Waals surface area contributed by atoms with Crippen LogP contribution in [-0.2, 0) is 13.5 Å². The van der Waals surface area contributed by atoms with E-state index in [4.69, 9.17) is 5.73 Å². The molecule has 0 spiro atoms. The van der Waals surface area contributed by atoms with Crippen LogP contribution in [0.1, 0.15) is 18.2 Å². The Morgan fingerprint density at radius 3 is 2.78 bits per heavy atom. The summed E-state index contributed by atoms with van der Waals surface area (Å²) >= 11 is 3.52. The average Bonchev–Trinajstić information content (AvgIpc) is 2.66. The first-order valence-electron chi connectivity index (χ1n) is 5.86. The van der Waals surface area contributed by atoms with Crippen molar-refractivity contribution < 1.29 is 0 Å². The van der Waals surface area contributed by atoms with Gasteiger partial charge >= 0.3 is 0 Å². The maximum absolute atomic E-state index is 5.87. The maximum Gasteiger partial charge on any atom is 0.0856 e. The van der Waals surface area contributed by atoms with Crippen LogP contribution < -0.4 is 11.1 Å². The number of hydrogen-bond acceptors (Lipinski definition) is 3. The van der Waals surface area contributed by atoms with Gasteiger partial charge in [0.1, 0.15) is 0 Å². The molecular formula is C13H17BrN4. The monoisotopic (exact) mass is 308 g/mol. The van der Waals surface area contributed by atoms with E-state index in [0.29, 0.717) is 0 Å². The van der Waals surface area contributed by atoms with E-state index in [1.165, 1.54) is 0 Å². The van der Waals surface area contributed by atoms with Crippen LogP contribution >= 0.6 is 15.9 Å². The van der Waals surface area contributed by atoms with Crippen LogP contribution in [0.3, 0.4) is 0 Å². The Balaban J connectivity index is 2.36. The lowest BCUT2D eigenvalue weighted by Crippen LogP contribution is -1.97. The van der Waals surface area contributed by atoms with Gasteiger partial charge < -0.3 is 11.1 Å². The first-order valence-corrected chi connectivity index (χ1v) is 6.65. The summed E-state index contributed by atoms with van der Waals surface area (Å²) in [6.07, 6.45) is 2.88. The molecular weight excluding hydrogens is 292 g/mol. The predicted octanol–water partition coefficient (Wildman–Crippen LogP) is 3.38. The second kappa shape index (κ2) is 5.02. The molecule has 0 unspecified atom stereocenters. The van der Waals surface area contributed by atoms with Crippen LogP contribution in [0.15, 0.2) is 22.8 Å². The fourth-order valence-corrected chi connectivity index (χ4v) is 2.30. The molecule has 0 saturated heterocycles. The van der Waals surface area contributed by atoms with Gasteiger partial charge in [0.05, 0.1) is 17.1 Å². The number of nitrogens with two attached hydrogens (primary N) is 1. The van der Waals surface area contributed by atoms with Gasteiger partial charge in [0.25, 0.3) is 0 Å². The van der Waals surface area contributed by atoms with Crippen molar-refractivity contribution >= 4 is 33.0 Å². The van der Waals surface area contributed by atoms with E-state index in [-0.39, 0.29) is 0 Å². The zero-order valence-electron chi connectivity index (χ0n) is 10.8. The molecule has 1 aromatic carbocycles. The minimum absolute atomic E-state index is 0.786. The number of nitrogen functional groups attached to an aromatic ring is 1. The number of nitrogens with one attached hydrogen (secondary N) is 1. The number of benzene rings is 1. The number of aromatic nitrogens is 2. The van der Waals surface area contributed by atoms with E-state index in [0.717, 1.165) is 39.2 Å². The van der Waals surface area contributed by atoms with Gasteiger partial charge in [-0.2, -0.15) is 5.10 Å². The topological polar surface area (TPSA) is 55.9 Å². The Kier molecular flexibility index (Phi) is 3.61. The van der Waals surface area contributed by atoms with Gasteiger partial charge in [-0.25, -0.2) is 0 Å². The van der Waals surface area contributed by atoms with Crippen molar-refractivity contribution in [3.05, 3.63) is 34.1 Å². The lowest BCUT2D eigenvalue weighted by atomic mass is 10.2.